The Morgan fingerprint density at radius 2 is 1.35 bits per heavy atom. The second-order valence-electron chi connectivity index (χ2n) is 7.27. The number of benzene rings is 2. The van der Waals surface area contributed by atoms with Crippen molar-refractivity contribution in [2.45, 2.75) is 38.9 Å². The summed E-state index contributed by atoms with van der Waals surface area (Å²) in [5.41, 5.74) is 3.70. The van der Waals surface area contributed by atoms with Gasteiger partial charge < -0.3 is 9.31 Å². The monoisotopic (exact) mass is 306 g/mol. The number of ketones is 1. The molecule has 4 heteroatoms. The summed E-state index contributed by atoms with van der Waals surface area (Å²) >= 11 is 0. The van der Waals surface area contributed by atoms with Gasteiger partial charge in [0.05, 0.1) is 11.2 Å². The average Bonchev–Trinajstić information content (AvgIpc) is 2.91. The van der Waals surface area contributed by atoms with Crippen LogP contribution in [0, 0.1) is 0 Å². The molecule has 0 bridgehead atoms. The summed E-state index contributed by atoms with van der Waals surface area (Å²) in [6.07, 6.45) is 0. The minimum Gasteiger partial charge on any atom is -0.399 e. The number of hydrogen-bond donors (Lipinski definition) is 0. The lowest BCUT2D eigenvalue weighted by Gasteiger charge is -2.32. The lowest BCUT2D eigenvalue weighted by molar-refractivity contribution is 0.00578. The molecule has 0 aromatic heterocycles. The van der Waals surface area contributed by atoms with E-state index < -0.39 is 7.12 Å². The van der Waals surface area contributed by atoms with Crippen LogP contribution in [0.1, 0.15) is 43.6 Å². The van der Waals surface area contributed by atoms with Gasteiger partial charge in [-0.05, 0) is 44.3 Å². The Morgan fingerprint density at radius 1 is 0.783 bits per heavy atom. The molecular weight excluding hydrogens is 287 g/mol. The molecule has 2 aromatic rings. The SMILES string of the molecule is CC1(C)OB(c2ccc3c(c2)-c2ccccc2C3=O)OC1(C)C. The molecule has 1 aliphatic heterocycles. The summed E-state index contributed by atoms with van der Waals surface area (Å²) in [7, 11) is -0.409. The van der Waals surface area contributed by atoms with Crippen molar-refractivity contribution in [3.05, 3.63) is 53.6 Å². The van der Waals surface area contributed by atoms with Crippen molar-refractivity contribution in [3.8, 4) is 11.1 Å². The summed E-state index contributed by atoms with van der Waals surface area (Å²) in [6.45, 7) is 8.16. The Hall–Kier alpha value is -1.91. The van der Waals surface area contributed by atoms with E-state index >= 15 is 0 Å². The highest BCUT2D eigenvalue weighted by atomic mass is 16.7. The Balaban J connectivity index is 1.78. The molecule has 3 nitrogen and oxygen atoms in total. The molecule has 1 fully saturated rings. The smallest absolute Gasteiger partial charge is 0.399 e. The average molecular weight is 306 g/mol. The third-order valence-electron chi connectivity index (χ3n) is 5.28. The normalized spacial score (nSPS) is 20.5. The topological polar surface area (TPSA) is 35.5 Å². The van der Waals surface area contributed by atoms with E-state index in [1.54, 1.807) is 0 Å². The van der Waals surface area contributed by atoms with E-state index in [-0.39, 0.29) is 17.0 Å². The van der Waals surface area contributed by atoms with Crippen molar-refractivity contribution in [2.24, 2.45) is 0 Å². The van der Waals surface area contributed by atoms with Gasteiger partial charge in [-0.1, -0.05) is 42.5 Å². The van der Waals surface area contributed by atoms with Crippen molar-refractivity contribution in [1.82, 2.24) is 0 Å². The van der Waals surface area contributed by atoms with E-state index in [1.165, 1.54) is 0 Å². The van der Waals surface area contributed by atoms with Crippen LogP contribution < -0.4 is 5.46 Å². The highest BCUT2D eigenvalue weighted by Gasteiger charge is 2.51. The number of carbonyl (C=O) groups is 1. The Labute approximate surface area is 136 Å². The molecule has 2 aliphatic rings. The van der Waals surface area contributed by atoms with Gasteiger partial charge in [0, 0.05) is 11.1 Å². The van der Waals surface area contributed by atoms with Crippen LogP contribution in [0.15, 0.2) is 42.5 Å². The zero-order valence-electron chi connectivity index (χ0n) is 13.8. The summed E-state index contributed by atoms with van der Waals surface area (Å²) < 4.78 is 12.2. The molecule has 0 atom stereocenters. The molecular formula is C19H19BO3. The van der Waals surface area contributed by atoms with Gasteiger partial charge in [0.1, 0.15) is 0 Å². The van der Waals surface area contributed by atoms with Gasteiger partial charge in [-0.15, -0.1) is 0 Å². The second-order valence-corrected chi connectivity index (χ2v) is 7.27. The molecule has 23 heavy (non-hydrogen) atoms. The van der Waals surface area contributed by atoms with Crippen molar-refractivity contribution in [3.63, 3.8) is 0 Å². The number of fused-ring (bicyclic) bond motifs is 3. The van der Waals surface area contributed by atoms with Crippen LogP contribution in [0.5, 0.6) is 0 Å². The third-order valence-corrected chi connectivity index (χ3v) is 5.28. The highest BCUT2D eigenvalue weighted by molar-refractivity contribution is 6.62. The van der Waals surface area contributed by atoms with Crippen molar-refractivity contribution in [1.29, 1.82) is 0 Å². The summed E-state index contributed by atoms with van der Waals surface area (Å²) in [5.74, 6) is 0.0936. The minimum absolute atomic E-state index is 0.0936. The van der Waals surface area contributed by atoms with E-state index in [2.05, 4.69) is 0 Å². The first kappa shape index (κ1) is 14.7. The standard InChI is InChI=1S/C19H19BO3/c1-18(2)19(3,4)23-20(22-18)12-9-10-15-16(11-12)13-7-5-6-8-14(13)17(15)21/h5-11H,1-4H3. The van der Waals surface area contributed by atoms with E-state index in [1.807, 2.05) is 70.2 Å². The molecule has 0 amide bonds. The highest BCUT2D eigenvalue weighted by Crippen LogP contribution is 2.38. The second kappa shape index (κ2) is 4.56. The van der Waals surface area contributed by atoms with Crippen LogP contribution in [0.4, 0.5) is 0 Å². The molecule has 0 saturated carbocycles. The van der Waals surface area contributed by atoms with Crippen molar-refractivity contribution < 1.29 is 14.1 Å². The van der Waals surface area contributed by atoms with Gasteiger partial charge in [0.15, 0.2) is 5.78 Å². The Morgan fingerprint density at radius 3 is 2.00 bits per heavy atom. The van der Waals surface area contributed by atoms with Gasteiger partial charge >= 0.3 is 7.12 Å². The summed E-state index contributed by atoms with van der Waals surface area (Å²) in [5, 5.41) is 0. The van der Waals surface area contributed by atoms with Crippen LogP contribution >= 0.6 is 0 Å². The predicted molar refractivity (Wildman–Crippen MR) is 91.0 cm³/mol. The first-order valence-electron chi connectivity index (χ1n) is 7.94. The van der Waals surface area contributed by atoms with Crippen LogP contribution in [-0.2, 0) is 9.31 Å². The first-order valence-corrected chi connectivity index (χ1v) is 7.94. The van der Waals surface area contributed by atoms with Gasteiger partial charge in [0.25, 0.3) is 0 Å². The quantitative estimate of drug-likeness (QED) is 0.648. The number of hydrogen-bond acceptors (Lipinski definition) is 3. The maximum Gasteiger partial charge on any atom is 0.494 e. The zero-order valence-corrected chi connectivity index (χ0v) is 13.8. The molecule has 1 saturated heterocycles. The van der Waals surface area contributed by atoms with Crippen LogP contribution in [0.2, 0.25) is 0 Å². The van der Waals surface area contributed by atoms with Gasteiger partial charge in [0.2, 0.25) is 0 Å². The van der Waals surface area contributed by atoms with Crippen LogP contribution in [-0.4, -0.2) is 24.1 Å². The summed E-state index contributed by atoms with van der Waals surface area (Å²) in [6, 6.07) is 13.6. The maximum absolute atomic E-state index is 12.5. The van der Waals surface area contributed by atoms with Gasteiger partial charge in [-0.2, -0.15) is 0 Å². The lowest BCUT2D eigenvalue weighted by Crippen LogP contribution is -2.41. The molecule has 0 radical (unpaired) electrons. The molecule has 1 heterocycles. The minimum atomic E-state index is -0.409. The van der Waals surface area contributed by atoms with Crippen LogP contribution in [0.3, 0.4) is 0 Å². The molecule has 116 valence electrons. The molecule has 0 N–H and O–H groups in total. The Bertz CT molecular complexity index is 807. The molecule has 4 rings (SSSR count). The van der Waals surface area contributed by atoms with E-state index in [0.29, 0.717) is 0 Å². The molecule has 0 unspecified atom stereocenters. The Kier molecular flexibility index (Phi) is 2.91. The zero-order chi connectivity index (χ0) is 16.4. The molecule has 1 aliphatic carbocycles. The molecule has 2 aromatic carbocycles. The van der Waals surface area contributed by atoms with Crippen LogP contribution in [0.25, 0.3) is 11.1 Å². The lowest BCUT2D eigenvalue weighted by atomic mass is 9.77. The number of rotatable bonds is 1. The van der Waals surface area contributed by atoms with Gasteiger partial charge in [-0.25, -0.2) is 0 Å². The fourth-order valence-electron chi connectivity index (χ4n) is 3.17. The van der Waals surface area contributed by atoms with Crippen molar-refractivity contribution >= 4 is 18.4 Å². The van der Waals surface area contributed by atoms with E-state index in [0.717, 1.165) is 27.7 Å². The van der Waals surface area contributed by atoms with Gasteiger partial charge in [-0.3, -0.25) is 4.79 Å². The van der Waals surface area contributed by atoms with E-state index in [9.17, 15) is 4.79 Å². The maximum atomic E-state index is 12.5. The number of carbonyl (C=O) groups excluding carboxylic acids is 1. The largest absolute Gasteiger partial charge is 0.494 e. The summed E-state index contributed by atoms with van der Waals surface area (Å²) in [4.78, 5) is 12.5. The molecule has 0 spiro atoms. The first-order chi connectivity index (χ1) is 10.8. The third kappa shape index (κ3) is 2.02. The van der Waals surface area contributed by atoms with E-state index in [4.69, 9.17) is 9.31 Å². The van der Waals surface area contributed by atoms with Crippen molar-refractivity contribution in [2.75, 3.05) is 0 Å². The predicted octanol–water partition coefficient (Wildman–Crippen LogP) is 3.20. The fourth-order valence-corrected chi connectivity index (χ4v) is 3.17. The fraction of sp³-hybridized carbons (Fsp3) is 0.316.